The van der Waals surface area contributed by atoms with Crippen LogP contribution in [0.2, 0.25) is 0 Å². The molecule has 5 rings (SSSR count). The molecule has 0 aliphatic rings. The summed E-state index contributed by atoms with van der Waals surface area (Å²) < 4.78 is 2.03. The summed E-state index contributed by atoms with van der Waals surface area (Å²) in [7, 11) is 0. The van der Waals surface area contributed by atoms with Crippen molar-refractivity contribution in [3.63, 3.8) is 0 Å². The van der Waals surface area contributed by atoms with Crippen molar-refractivity contribution < 1.29 is 4.79 Å². The molecule has 0 unspecified atom stereocenters. The minimum atomic E-state index is 0.0320. The standard InChI is InChI=1S/C28H25N3OS/c32-27(18-24-20-33-28-30-26(19-31(24)28)23-14-8-3-9-15-23)29-17-16-25(21-10-4-1-5-11-21)22-12-6-2-7-13-22/h1-15,19-20,25H,16-18H2,(H,29,32). The number of benzene rings is 3. The minimum Gasteiger partial charge on any atom is -0.356 e. The first-order valence-corrected chi connectivity index (χ1v) is 12.0. The van der Waals surface area contributed by atoms with Crippen molar-refractivity contribution >= 4 is 22.2 Å². The lowest BCUT2D eigenvalue weighted by atomic mass is 9.88. The summed E-state index contributed by atoms with van der Waals surface area (Å²) in [5.74, 6) is 0.284. The molecule has 0 atom stereocenters. The number of aromatic nitrogens is 2. The van der Waals surface area contributed by atoms with Crippen molar-refractivity contribution in [3.05, 3.63) is 119 Å². The number of nitrogens with one attached hydrogen (secondary N) is 1. The number of thiazole rings is 1. The molecular formula is C28H25N3OS. The zero-order valence-electron chi connectivity index (χ0n) is 18.2. The van der Waals surface area contributed by atoms with Gasteiger partial charge in [-0.3, -0.25) is 9.20 Å². The molecule has 0 aliphatic heterocycles. The maximum Gasteiger partial charge on any atom is 0.225 e. The number of carbonyl (C=O) groups excluding carboxylic acids is 1. The second-order valence-corrected chi connectivity index (χ2v) is 8.90. The fourth-order valence-corrected chi connectivity index (χ4v) is 5.06. The van der Waals surface area contributed by atoms with Crippen molar-refractivity contribution in [1.82, 2.24) is 14.7 Å². The Morgan fingerprint density at radius 3 is 2.12 bits per heavy atom. The minimum absolute atomic E-state index is 0.0320. The van der Waals surface area contributed by atoms with Gasteiger partial charge in [0.25, 0.3) is 0 Å². The van der Waals surface area contributed by atoms with E-state index in [1.54, 1.807) is 11.3 Å². The third-order valence-corrected chi connectivity index (χ3v) is 6.74. The van der Waals surface area contributed by atoms with Gasteiger partial charge in [-0.25, -0.2) is 4.98 Å². The first-order chi connectivity index (χ1) is 16.3. The van der Waals surface area contributed by atoms with Crippen LogP contribution < -0.4 is 5.32 Å². The summed E-state index contributed by atoms with van der Waals surface area (Å²) in [6.45, 7) is 0.625. The highest BCUT2D eigenvalue weighted by atomic mass is 32.1. The average Bonchev–Trinajstić information content (AvgIpc) is 3.45. The Balaban J connectivity index is 1.24. The monoisotopic (exact) mass is 451 g/mol. The molecular weight excluding hydrogens is 426 g/mol. The average molecular weight is 452 g/mol. The highest BCUT2D eigenvalue weighted by Crippen LogP contribution is 2.27. The van der Waals surface area contributed by atoms with E-state index in [1.807, 2.05) is 46.3 Å². The van der Waals surface area contributed by atoms with Crippen molar-refractivity contribution in [2.75, 3.05) is 6.54 Å². The largest absolute Gasteiger partial charge is 0.356 e. The molecule has 5 heteroatoms. The van der Waals surface area contributed by atoms with Gasteiger partial charge in [-0.2, -0.15) is 0 Å². The molecule has 3 aromatic carbocycles. The Bertz CT molecular complexity index is 1290. The zero-order valence-corrected chi connectivity index (χ0v) is 19.0. The topological polar surface area (TPSA) is 46.4 Å². The lowest BCUT2D eigenvalue weighted by Crippen LogP contribution is -2.27. The third-order valence-electron chi connectivity index (χ3n) is 5.85. The Labute approximate surface area is 197 Å². The van der Waals surface area contributed by atoms with Gasteiger partial charge < -0.3 is 5.32 Å². The summed E-state index contributed by atoms with van der Waals surface area (Å²) in [6, 6.07) is 31.1. The molecule has 0 spiro atoms. The van der Waals surface area contributed by atoms with Crippen molar-refractivity contribution in [2.24, 2.45) is 0 Å². The molecule has 164 valence electrons. The van der Waals surface area contributed by atoms with Gasteiger partial charge in [-0.1, -0.05) is 91.0 Å². The molecule has 0 fully saturated rings. The predicted molar refractivity (Wildman–Crippen MR) is 135 cm³/mol. The second-order valence-electron chi connectivity index (χ2n) is 8.06. The van der Waals surface area contributed by atoms with Crippen molar-refractivity contribution in [3.8, 4) is 11.3 Å². The summed E-state index contributed by atoms with van der Waals surface area (Å²) in [5, 5.41) is 5.15. The van der Waals surface area contributed by atoms with Crippen LogP contribution in [0, 0.1) is 0 Å². The number of carbonyl (C=O) groups is 1. The maximum atomic E-state index is 12.7. The van der Waals surface area contributed by atoms with Crippen LogP contribution >= 0.6 is 11.3 Å². The van der Waals surface area contributed by atoms with E-state index in [0.29, 0.717) is 13.0 Å². The van der Waals surface area contributed by atoms with E-state index in [1.165, 1.54) is 11.1 Å². The van der Waals surface area contributed by atoms with Gasteiger partial charge in [0.05, 0.1) is 12.1 Å². The summed E-state index contributed by atoms with van der Waals surface area (Å²) in [6.07, 6.45) is 3.21. The SMILES string of the molecule is O=C(Cc1csc2nc(-c3ccccc3)cn12)NCCC(c1ccccc1)c1ccccc1. The molecule has 0 radical (unpaired) electrons. The van der Waals surface area contributed by atoms with E-state index in [2.05, 4.69) is 66.0 Å². The van der Waals surface area contributed by atoms with Crippen molar-refractivity contribution in [2.45, 2.75) is 18.8 Å². The fraction of sp³-hybridized carbons (Fsp3) is 0.143. The Kier molecular flexibility index (Phi) is 6.31. The van der Waals surface area contributed by atoms with E-state index < -0.39 is 0 Å². The summed E-state index contributed by atoms with van der Waals surface area (Å²) in [5.41, 5.74) is 5.51. The van der Waals surface area contributed by atoms with Crippen LogP contribution in [-0.4, -0.2) is 21.8 Å². The molecule has 33 heavy (non-hydrogen) atoms. The van der Waals surface area contributed by atoms with E-state index >= 15 is 0 Å². The second kappa shape index (κ2) is 9.84. The molecule has 2 aromatic heterocycles. The van der Waals surface area contributed by atoms with Gasteiger partial charge in [0.15, 0.2) is 4.96 Å². The van der Waals surface area contributed by atoms with Crippen LogP contribution in [0.3, 0.4) is 0 Å². The molecule has 0 aliphatic carbocycles. The van der Waals surface area contributed by atoms with Gasteiger partial charge in [0.1, 0.15) is 0 Å². The number of hydrogen-bond acceptors (Lipinski definition) is 3. The van der Waals surface area contributed by atoms with Gasteiger partial charge in [0.2, 0.25) is 5.91 Å². The van der Waals surface area contributed by atoms with Crippen LogP contribution in [0.5, 0.6) is 0 Å². The number of imidazole rings is 1. The molecule has 0 saturated heterocycles. The van der Waals surface area contributed by atoms with Crippen LogP contribution in [0.4, 0.5) is 0 Å². The van der Waals surface area contributed by atoms with Crippen LogP contribution in [0.25, 0.3) is 16.2 Å². The first kappa shape index (κ1) is 21.2. The number of nitrogens with zero attached hydrogens (tertiary/aromatic N) is 2. The van der Waals surface area contributed by atoms with Crippen LogP contribution in [-0.2, 0) is 11.2 Å². The molecule has 5 aromatic rings. The third kappa shape index (κ3) is 4.89. The van der Waals surface area contributed by atoms with E-state index in [4.69, 9.17) is 4.98 Å². The summed E-state index contributed by atoms with van der Waals surface area (Å²) >= 11 is 1.57. The summed E-state index contributed by atoms with van der Waals surface area (Å²) in [4.78, 5) is 18.4. The predicted octanol–water partition coefficient (Wildman–Crippen LogP) is 5.94. The van der Waals surface area contributed by atoms with Crippen LogP contribution in [0.1, 0.15) is 29.2 Å². The normalized spacial score (nSPS) is 11.2. The quantitative estimate of drug-likeness (QED) is 0.317. The highest BCUT2D eigenvalue weighted by molar-refractivity contribution is 7.15. The first-order valence-electron chi connectivity index (χ1n) is 11.2. The molecule has 1 amide bonds. The fourth-order valence-electron chi connectivity index (χ4n) is 4.18. The number of hydrogen-bond donors (Lipinski definition) is 1. The van der Waals surface area contributed by atoms with Gasteiger partial charge in [0, 0.05) is 35.3 Å². The maximum absolute atomic E-state index is 12.7. The molecule has 0 bridgehead atoms. The molecule has 4 nitrogen and oxygen atoms in total. The van der Waals surface area contributed by atoms with Gasteiger partial charge >= 0.3 is 0 Å². The van der Waals surface area contributed by atoms with Crippen molar-refractivity contribution in [1.29, 1.82) is 0 Å². The number of fused-ring (bicyclic) bond motifs is 1. The Morgan fingerprint density at radius 1 is 0.879 bits per heavy atom. The van der Waals surface area contributed by atoms with E-state index in [0.717, 1.165) is 28.3 Å². The van der Waals surface area contributed by atoms with E-state index in [-0.39, 0.29) is 11.8 Å². The molecule has 1 N–H and O–H groups in total. The Hall–Kier alpha value is -3.70. The lowest BCUT2D eigenvalue weighted by molar-refractivity contribution is -0.120. The molecule has 0 saturated carbocycles. The van der Waals surface area contributed by atoms with Gasteiger partial charge in [-0.05, 0) is 17.5 Å². The Morgan fingerprint density at radius 2 is 1.48 bits per heavy atom. The molecule has 2 heterocycles. The number of amides is 1. The van der Waals surface area contributed by atoms with Gasteiger partial charge in [-0.15, -0.1) is 11.3 Å². The van der Waals surface area contributed by atoms with Crippen LogP contribution in [0.15, 0.2) is 103 Å². The number of rotatable bonds is 8. The highest BCUT2D eigenvalue weighted by Gasteiger charge is 2.16. The van der Waals surface area contributed by atoms with E-state index in [9.17, 15) is 4.79 Å². The smallest absolute Gasteiger partial charge is 0.225 e. The zero-order chi connectivity index (χ0) is 22.5. The lowest BCUT2D eigenvalue weighted by Gasteiger charge is -2.18.